The van der Waals surface area contributed by atoms with Crippen LogP contribution in [0.2, 0.25) is 5.02 Å². The van der Waals surface area contributed by atoms with Gasteiger partial charge in [-0.1, -0.05) is 23.7 Å². The largest absolute Gasteiger partial charge is 0.278 e. The third-order valence-electron chi connectivity index (χ3n) is 2.47. The average Bonchev–Trinajstić information content (AvgIpc) is 2.42. The van der Waals surface area contributed by atoms with Gasteiger partial charge in [0, 0.05) is 9.50 Å². The van der Waals surface area contributed by atoms with Crippen LogP contribution in [0.4, 0.5) is 5.69 Å². The number of rotatable bonds is 3. The van der Waals surface area contributed by atoms with Crippen LogP contribution in [0.25, 0.3) is 0 Å². The normalized spacial score (nSPS) is 10.8. The molecule has 1 N–H and O–H groups in total. The minimum atomic E-state index is -3.86. The number of halogens is 2. The van der Waals surface area contributed by atoms with Crippen molar-refractivity contribution >= 4 is 43.2 Å². The Morgan fingerprint density at radius 3 is 2.60 bits per heavy atom. The van der Waals surface area contributed by atoms with E-state index in [1.165, 1.54) is 18.2 Å². The summed E-state index contributed by atoms with van der Waals surface area (Å²) >= 11 is 9.08. The fourth-order valence-electron chi connectivity index (χ4n) is 1.57. The minimum Gasteiger partial charge on any atom is -0.278 e. The van der Waals surface area contributed by atoms with Crippen molar-refractivity contribution in [2.45, 2.75) is 4.90 Å². The van der Waals surface area contributed by atoms with Gasteiger partial charge in [0.05, 0.1) is 11.3 Å². The summed E-state index contributed by atoms with van der Waals surface area (Å²) in [5.41, 5.74) is 0.392. The lowest BCUT2D eigenvalue weighted by molar-refractivity contribution is 0.601. The zero-order valence-electron chi connectivity index (χ0n) is 9.97. The molecule has 7 heteroatoms. The second-order valence-corrected chi connectivity index (χ2v) is 6.78. The molecule has 2 rings (SSSR count). The third kappa shape index (κ3) is 3.12. The average molecular weight is 372 g/mol. The predicted molar refractivity (Wildman–Crippen MR) is 81.1 cm³/mol. The molecule has 0 amide bonds. The van der Waals surface area contributed by atoms with Crippen molar-refractivity contribution in [2.75, 3.05) is 4.72 Å². The maximum absolute atomic E-state index is 12.3. The first kappa shape index (κ1) is 14.9. The molecule has 4 nitrogen and oxygen atoms in total. The molecule has 0 saturated heterocycles. The first-order valence-corrected chi connectivity index (χ1v) is 8.06. The molecule has 0 unspecified atom stereocenters. The van der Waals surface area contributed by atoms with Crippen LogP contribution >= 0.6 is 27.5 Å². The Morgan fingerprint density at radius 1 is 1.20 bits per heavy atom. The second kappa shape index (κ2) is 5.83. The molecular weight excluding hydrogens is 364 g/mol. The maximum atomic E-state index is 12.3. The van der Waals surface area contributed by atoms with Gasteiger partial charge in [-0.3, -0.25) is 4.72 Å². The Balaban J connectivity index is 2.47. The van der Waals surface area contributed by atoms with Crippen molar-refractivity contribution in [1.29, 1.82) is 5.26 Å². The number of sulfonamides is 1. The van der Waals surface area contributed by atoms with Gasteiger partial charge in [-0.05, 0) is 46.3 Å². The van der Waals surface area contributed by atoms with Crippen LogP contribution in [0.15, 0.2) is 51.8 Å². The van der Waals surface area contributed by atoms with E-state index in [0.717, 1.165) is 0 Å². The van der Waals surface area contributed by atoms with Gasteiger partial charge in [-0.25, -0.2) is 8.42 Å². The zero-order chi connectivity index (χ0) is 14.8. The third-order valence-corrected chi connectivity index (χ3v) is 4.82. The quantitative estimate of drug-likeness (QED) is 0.892. The highest BCUT2D eigenvalue weighted by molar-refractivity contribution is 9.10. The van der Waals surface area contributed by atoms with Crippen molar-refractivity contribution < 1.29 is 8.42 Å². The lowest BCUT2D eigenvalue weighted by Crippen LogP contribution is -2.14. The van der Waals surface area contributed by atoms with Crippen LogP contribution in [-0.2, 0) is 10.0 Å². The molecule has 0 bridgehead atoms. The highest BCUT2D eigenvalue weighted by atomic mass is 79.9. The van der Waals surface area contributed by atoms with Crippen LogP contribution in [-0.4, -0.2) is 8.42 Å². The van der Waals surface area contributed by atoms with Crippen molar-refractivity contribution in [2.24, 2.45) is 0 Å². The molecular formula is C13H8BrClN2O2S. The summed E-state index contributed by atoms with van der Waals surface area (Å²) in [6.45, 7) is 0. The van der Waals surface area contributed by atoms with E-state index in [1.54, 1.807) is 24.3 Å². The summed E-state index contributed by atoms with van der Waals surface area (Å²) in [5, 5.41) is 9.38. The maximum Gasteiger partial charge on any atom is 0.263 e. The number of anilines is 1. The van der Waals surface area contributed by atoms with Crippen LogP contribution in [0.3, 0.4) is 0 Å². The van der Waals surface area contributed by atoms with Crippen molar-refractivity contribution in [3.8, 4) is 6.07 Å². The molecule has 102 valence electrons. The van der Waals surface area contributed by atoms with Gasteiger partial charge < -0.3 is 0 Å². The molecule has 0 aliphatic carbocycles. The molecule has 0 heterocycles. The number of benzene rings is 2. The number of hydrogen-bond acceptors (Lipinski definition) is 3. The highest BCUT2D eigenvalue weighted by Gasteiger charge is 2.19. The molecule has 0 atom stereocenters. The van der Waals surface area contributed by atoms with Crippen molar-refractivity contribution in [3.63, 3.8) is 0 Å². The Kier molecular flexibility index (Phi) is 4.33. The van der Waals surface area contributed by atoms with Gasteiger partial charge in [0.25, 0.3) is 10.0 Å². The van der Waals surface area contributed by atoms with E-state index in [4.69, 9.17) is 16.9 Å². The SMILES string of the molecule is N#Cc1ccccc1S(=O)(=O)Nc1cc(Cl)ccc1Br. The number of nitrogens with one attached hydrogen (secondary N) is 1. The molecule has 20 heavy (non-hydrogen) atoms. The topological polar surface area (TPSA) is 70.0 Å². The van der Waals surface area contributed by atoms with E-state index in [-0.39, 0.29) is 10.5 Å². The standard InChI is InChI=1S/C13H8BrClN2O2S/c14-11-6-5-10(15)7-12(11)17-20(18,19)13-4-2-1-3-9(13)8-16/h1-7,17H. The molecule has 2 aromatic rings. The van der Waals surface area contributed by atoms with Gasteiger partial charge in [0.1, 0.15) is 11.0 Å². The first-order chi connectivity index (χ1) is 9.44. The number of nitrogens with zero attached hydrogens (tertiary/aromatic N) is 1. The Bertz CT molecular complexity index is 800. The summed E-state index contributed by atoms with van der Waals surface area (Å²) in [6.07, 6.45) is 0. The van der Waals surface area contributed by atoms with Crippen LogP contribution < -0.4 is 4.72 Å². The van der Waals surface area contributed by atoms with E-state index in [1.807, 2.05) is 6.07 Å². The molecule has 0 radical (unpaired) electrons. The monoisotopic (exact) mass is 370 g/mol. The van der Waals surface area contributed by atoms with E-state index >= 15 is 0 Å². The van der Waals surface area contributed by atoms with Gasteiger partial charge in [-0.15, -0.1) is 0 Å². The molecule has 2 aromatic carbocycles. The second-order valence-electron chi connectivity index (χ2n) is 3.84. The molecule has 0 aliphatic heterocycles. The number of hydrogen-bond donors (Lipinski definition) is 1. The summed E-state index contributed by atoms with van der Waals surface area (Å²) in [7, 11) is -3.86. The van der Waals surface area contributed by atoms with Crippen LogP contribution in [0.1, 0.15) is 5.56 Å². The summed E-state index contributed by atoms with van der Waals surface area (Å²) < 4.78 is 27.6. The first-order valence-electron chi connectivity index (χ1n) is 5.41. The Morgan fingerprint density at radius 2 is 1.90 bits per heavy atom. The van der Waals surface area contributed by atoms with Gasteiger partial charge in [0.15, 0.2) is 0 Å². The van der Waals surface area contributed by atoms with E-state index in [0.29, 0.717) is 15.2 Å². The smallest absolute Gasteiger partial charge is 0.263 e. The molecule has 0 aromatic heterocycles. The van der Waals surface area contributed by atoms with Crippen LogP contribution in [0, 0.1) is 11.3 Å². The predicted octanol–water partition coefficient (Wildman–Crippen LogP) is 3.77. The highest BCUT2D eigenvalue weighted by Crippen LogP contribution is 2.28. The van der Waals surface area contributed by atoms with Crippen molar-refractivity contribution in [3.05, 3.63) is 57.5 Å². The summed E-state index contributed by atoms with van der Waals surface area (Å²) in [4.78, 5) is -0.0747. The lowest BCUT2D eigenvalue weighted by atomic mass is 10.2. The fourth-order valence-corrected chi connectivity index (χ4v) is 3.45. The number of nitriles is 1. The van der Waals surface area contributed by atoms with E-state index in [2.05, 4.69) is 20.7 Å². The summed E-state index contributed by atoms with van der Waals surface area (Å²) in [6, 6.07) is 12.6. The zero-order valence-corrected chi connectivity index (χ0v) is 13.1. The van der Waals surface area contributed by atoms with Crippen LogP contribution in [0.5, 0.6) is 0 Å². The molecule has 0 spiro atoms. The van der Waals surface area contributed by atoms with Gasteiger partial charge in [-0.2, -0.15) is 5.26 Å². The molecule has 0 aliphatic rings. The van der Waals surface area contributed by atoms with Gasteiger partial charge in [0.2, 0.25) is 0 Å². The summed E-state index contributed by atoms with van der Waals surface area (Å²) in [5.74, 6) is 0. The van der Waals surface area contributed by atoms with E-state index < -0.39 is 10.0 Å². The lowest BCUT2D eigenvalue weighted by Gasteiger charge is -2.11. The van der Waals surface area contributed by atoms with Crippen molar-refractivity contribution in [1.82, 2.24) is 0 Å². The Labute approximate surface area is 130 Å². The van der Waals surface area contributed by atoms with Gasteiger partial charge >= 0.3 is 0 Å². The Hall–Kier alpha value is -1.55. The fraction of sp³-hybridized carbons (Fsp3) is 0. The molecule has 0 fully saturated rings. The van der Waals surface area contributed by atoms with E-state index in [9.17, 15) is 8.42 Å². The molecule has 0 saturated carbocycles. The minimum absolute atomic E-state index is 0.0747.